The molecule has 0 spiro atoms. The zero-order chi connectivity index (χ0) is 21.6. The summed E-state index contributed by atoms with van der Waals surface area (Å²) in [7, 11) is 0. The minimum Gasteiger partial charge on any atom is -0.339 e. The molecule has 0 atom stereocenters. The number of piperazine rings is 1. The van der Waals surface area contributed by atoms with E-state index in [1.807, 2.05) is 76.5 Å². The molecule has 3 aromatic rings. The number of aryl methyl sites for hydroxylation is 1. The maximum Gasteiger partial charge on any atom is 0.253 e. The third kappa shape index (κ3) is 5.33. The molecule has 1 heterocycles. The number of hydrogen-bond acceptors (Lipinski definition) is 2. The van der Waals surface area contributed by atoms with E-state index in [4.69, 9.17) is 11.6 Å². The Bertz CT molecular complexity index is 1030. The highest BCUT2D eigenvalue weighted by atomic mass is 35.5. The van der Waals surface area contributed by atoms with Crippen LogP contribution in [0.4, 0.5) is 0 Å². The van der Waals surface area contributed by atoms with Gasteiger partial charge in [-0.3, -0.25) is 9.59 Å². The summed E-state index contributed by atoms with van der Waals surface area (Å²) in [5, 5.41) is 0.700. The van der Waals surface area contributed by atoms with Gasteiger partial charge in [-0.2, -0.15) is 0 Å². The summed E-state index contributed by atoms with van der Waals surface area (Å²) in [5.41, 5.74) is 4.01. The summed E-state index contributed by atoms with van der Waals surface area (Å²) >= 11 is 5.91. The average molecular weight is 433 g/mol. The molecule has 1 aliphatic rings. The van der Waals surface area contributed by atoms with Gasteiger partial charge in [-0.25, -0.2) is 0 Å². The zero-order valence-electron chi connectivity index (χ0n) is 17.3. The van der Waals surface area contributed by atoms with E-state index >= 15 is 0 Å². The van der Waals surface area contributed by atoms with Gasteiger partial charge in [0.15, 0.2) is 0 Å². The van der Waals surface area contributed by atoms with E-state index in [1.54, 1.807) is 0 Å². The van der Waals surface area contributed by atoms with E-state index in [9.17, 15) is 9.59 Å². The molecule has 0 aliphatic carbocycles. The number of amides is 2. The number of carbonyl (C=O) groups is 2. The molecule has 1 fully saturated rings. The number of hydrogen-bond donors (Lipinski definition) is 0. The lowest BCUT2D eigenvalue weighted by Gasteiger charge is -2.35. The van der Waals surface area contributed by atoms with Crippen LogP contribution in [0.15, 0.2) is 78.9 Å². The van der Waals surface area contributed by atoms with Crippen LogP contribution in [0, 0.1) is 0 Å². The van der Waals surface area contributed by atoms with Gasteiger partial charge >= 0.3 is 0 Å². The van der Waals surface area contributed by atoms with E-state index in [0.29, 0.717) is 49.6 Å². The number of nitrogens with zero attached hydrogens (tertiary/aromatic N) is 2. The lowest BCUT2D eigenvalue weighted by atomic mass is 10.0. The van der Waals surface area contributed by atoms with Crippen molar-refractivity contribution in [3.8, 4) is 11.1 Å². The largest absolute Gasteiger partial charge is 0.339 e. The van der Waals surface area contributed by atoms with Crippen LogP contribution in [0.5, 0.6) is 0 Å². The average Bonchev–Trinajstić information content (AvgIpc) is 2.84. The van der Waals surface area contributed by atoms with Crippen molar-refractivity contribution in [3.05, 3.63) is 95.0 Å². The smallest absolute Gasteiger partial charge is 0.253 e. The van der Waals surface area contributed by atoms with Crippen LogP contribution < -0.4 is 0 Å². The van der Waals surface area contributed by atoms with Crippen LogP contribution in [0.2, 0.25) is 5.02 Å². The number of benzene rings is 3. The van der Waals surface area contributed by atoms with Gasteiger partial charge in [0, 0.05) is 43.2 Å². The summed E-state index contributed by atoms with van der Waals surface area (Å²) < 4.78 is 0. The summed E-state index contributed by atoms with van der Waals surface area (Å²) in [6.07, 6.45) is 1.17. The molecule has 0 N–H and O–H groups in total. The monoisotopic (exact) mass is 432 g/mol. The van der Waals surface area contributed by atoms with Crippen molar-refractivity contribution in [1.82, 2.24) is 9.80 Å². The molecule has 4 rings (SSSR count). The normalized spacial score (nSPS) is 13.8. The number of rotatable bonds is 5. The van der Waals surface area contributed by atoms with Crippen LogP contribution in [0.25, 0.3) is 11.1 Å². The molecular weight excluding hydrogens is 408 g/mol. The molecule has 4 nitrogen and oxygen atoms in total. The van der Waals surface area contributed by atoms with Crippen LogP contribution in [0.3, 0.4) is 0 Å². The Labute approximate surface area is 188 Å². The summed E-state index contributed by atoms with van der Waals surface area (Å²) in [5.74, 6) is 0.155. The molecule has 0 saturated carbocycles. The van der Waals surface area contributed by atoms with Gasteiger partial charge in [0.1, 0.15) is 0 Å². The Balaban J connectivity index is 1.28. The van der Waals surface area contributed by atoms with E-state index in [0.717, 1.165) is 16.7 Å². The molecule has 2 amide bonds. The van der Waals surface area contributed by atoms with Crippen molar-refractivity contribution in [2.24, 2.45) is 0 Å². The quantitative estimate of drug-likeness (QED) is 0.573. The molecule has 1 saturated heterocycles. The number of carbonyl (C=O) groups excluding carboxylic acids is 2. The topological polar surface area (TPSA) is 40.6 Å². The molecule has 0 radical (unpaired) electrons. The van der Waals surface area contributed by atoms with Crippen molar-refractivity contribution in [2.75, 3.05) is 26.2 Å². The summed E-state index contributed by atoms with van der Waals surface area (Å²) in [4.78, 5) is 29.1. The Morgan fingerprint density at radius 2 is 1.29 bits per heavy atom. The maximum absolute atomic E-state index is 12.9. The molecule has 158 valence electrons. The first-order valence-corrected chi connectivity index (χ1v) is 10.9. The van der Waals surface area contributed by atoms with Gasteiger partial charge in [0.25, 0.3) is 5.91 Å². The third-order valence-corrected chi connectivity index (χ3v) is 5.95. The third-order valence-electron chi connectivity index (χ3n) is 5.70. The van der Waals surface area contributed by atoms with Gasteiger partial charge in [0.2, 0.25) is 5.91 Å². The minimum atomic E-state index is 0.0212. The minimum absolute atomic E-state index is 0.0212. The summed E-state index contributed by atoms with van der Waals surface area (Å²) in [6.45, 7) is 2.28. The highest BCUT2D eigenvalue weighted by molar-refractivity contribution is 6.30. The van der Waals surface area contributed by atoms with Crippen LogP contribution in [0.1, 0.15) is 22.3 Å². The molecular formula is C26H25ClN2O2. The summed E-state index contributed by atoms with van der Waals surface area (Å²) in [6, 6.07) is 25.4. The second-order valence-electron chi connectivity index (χ2n) is 7.74. The second kappa shape index (κ2) is 9.80. The molecule has 0 aromatic heterocycles. The van der Waals surface area contributed by atoms with Gasteiger partial charge in [-0.15, -0.1) is 0 Å². The van der Waals surface area contributed by atoms with Crippen molar-refractivity contribution in [2.45, 2.75) is 12.8 Å². The molecule has 0 unspecified atom stereocenters. The highest BCUT2D eigenvalue weighted by Gasteiger charge is 2.24. The second-order valence-corrected chi connectivity index (χ2v) is 8.18. The first-order valence-electron chi connectivity index (χ1n) is 10.6. The fourth-order valence-electron chi connectivity index (χ4n) is 3.84. The zero-order valence-corrected chi connectivity index (χ0v) is 18.1. The van der Waals surface area contributed by atoms with Gasteiger partial charge in [-0.05, 0) is 47.4 Å². The van der Waals surface area contributed by atoms with E-state index < -0.39 is 0 Å². The predicted molar refractivity (Wildman–Crippen MR) is 124 cm³/mol. The van der Waals surface area contributed by atoms with Gasteiger partial charge < -0.3 is 9.80 Å². The number of halogens is 1. The van der Waals surface area contributed by atoms with Crippen molar-refractivity contribution in [3.63, 3.8) is 0 Å². The van der Waals surface area contributed by atoms with E-state index in [-0.39, 0.29) is 11.8 Å². The Morgan fingerprint density at radius 3 is 1.94 bits per heavy atom. The fraction of sp³-hybridized carbons (Fsp3) is 0.231. The molecule has 31 heavy (non-hydrogen) atoms. The highest BCUT2D eigenvalue weighted by Crippen LogP contribution is 2.20. The van der Waals surface area contributed by atoms with Crippen LogP contribution in [-0.2, 0) is 11.2 Å². The fourth-order valence-corrected chi connectivity index (χ4v) is 3.96. The first kappa shape index (κ1) is 21.1. The van der Waals surface area contributed by atoms with Crippen molar-refractivity contribution < 1.29 is 9.59 Å². The maximum atomic E-state index is 12.9. The Hall–Kier alpha value is -3.11. The lowest BCUT2D eigenvalue weighted by molar-refractivity contribution is -0.132. The Kier molecular flexibility index (Phi) is 6.68. The van der Waals surface area contributed by atoms with E-state index in [2.05, 4.69) is 12.1 Å². The predicted octanol–water partition coefficient (Wildman–Crippen LogP) is 4.92. The van der Waals surface area contributed by atoms with Crippen molar-refractivity contribution >= 4 is 23.4 Å². The molecule has 5 heteroatoms. The standard InChI is InChI=1S/C26H25ClN2O2/c27-24-13-6-20(7-14-24)8-15-25(30)28-16-18-29(19-17-28)26(31)23-11-9-22(10-12-23)21-4-2-1-3-5-21/h1-7,9-14H,8,15-19H2. The van der Waals surface area contributed by atoms with Gasteiger partial charge in [-0.1, -0.05) is 66.2 Å². The first-order chi connectivity index (χ1) is 15.1. The van der Waals surface area contributed by atoms with Gasteiger partial charge in [0.05, 0.1) is 0 Å². The van der Waals surface area contributed by atoms with E-state index in [1.165, 1.54) is 0 Å². The Morgan fingerprint density at radius 1 is 0.710 bits per heavy atom. The van der Waals surface area contributed by atoms with Crippen LogP contribution >= 0.6 is 11.6 Å². The van der Waals surface area contributed by atoms with Crippen molar-refractivity contribution in [1.29, 1.82) is 0 Å². The molecule has 0 bridgehead atoms. The molecule has 3 aromatic carbocycles. The molecule has 1 aliphatic heterocycles. The van der Waals surface area contributed by atoms with Crippen LogP contribution in [-0.4, -0.2) is 47.8 Å². The lowest BCUT2D eigenvalue weighted by Crippen LogP contribution is -2.50. The SMILES string of the molecule is O=C(CCc1ccc(Cl)cc1)N1CCN(C(=O)c2ccc(-c3ccccc3)cc2)CC1.